The summed E-state index contributed by atoms with van der Waals surface area (Å²) in [6.07, 6.45) is 1.06. The van der Waals surface area contributed by atoms with Crippen molar-refractivity contribution in [1.82, 2.24) is 0 Å². The fourth-order valence-electron chi connectivity index (χ4n) is 1.44. The van der Waals surface area contributed by atoms with Crippen molar-refractivity contribution < 1.29 is 33.7 Å². The van der Waals surface area contributed by atoms with Crippen LogP contribution in [-0.4, -0.2) is 36.4 Å². The summed E-state index contributed by atoms with van der Waals surface area (Å²) in [4.78, 5) is 33.1. The molecule has 1 rings (SSSR count). The van der Waals surface area contributed by atoms with Crippen LogP contribution in [0, 0.1) is 0 Å². The van der Waals surface area contributed by atoms with Gasteiger partial charge in [-0.2, -0.15) is 0 Å². The quantitative estimate of drug-likeness (QED) is 0.341. The first-order valence-corrected chi connectivity index (χ1v) is 6.50. The van der Waals surface area contributed by atoms with Gasteiger partial charge in [-0.1, -0.05) is 18.7 Å². The zero-order valence-electron chi connectivity index (χ0n) is 11.8. The molecular formula is C15H16O7. The number of carboxylic acids is 1. The summed E-state index contributed by atoms with van der Waals surface area (Å²) < 4.78 is 14.4. The average molecular weight is 308 g/mol. The smallest absolute Gasteiger partial charge is 0.478 e. The average Bonchev–Trinajstić information content (AvgIpc) is 2.50. The highest BCUT2D eigenvalue weighted by molar-refractivity contribution is 5.91. The van der Waals surface area contributed by atoms with E-state index in [-0.39, 0.29) is 24.5 Å². The van der Waals surface area contributed by atoms with Crippen molar-refractivity contribution in [3.8, 4) is 5.75 Å². The van der Waals surface area contributed by atoms with Crippen molar-refractivity contribution in [3.05, 3.63) is 42.5 Å². The number of carbonyl (C=O) groups is 3. The third-order valence-electron chi connectivity index (χ3n) is 2.48. The normalized spacial score (nSPS) is 9.64. The van der Waals surface area contributed by atoms with E-state index in [1.165, 1.54) is 18.2 Å². The Morgan fingerprint density at radius 1 is 1.09 bits per heavy atom. The van der Waals surface area contributed by atoms with E-state index in [1.54, 1.807) is 6.07 Å². The van der Waals surface area contributed by atoms with Gasteiger partial charge in [-0.05, 0) is 25.0 Å². The molecule has 0 saturated heterocycles. The lowest BCUT2D eigenvalue weighted by molar-refractivity contribution is -0.137. The molecule has 0 fully saturated rings. The summed E-state index contributed by atoms with van der Waals surface area (Å²) in [6.45, 7) is 3.52. The number of para-hydroxylation sites is 1. The van der Waals surface area contributed by atoms with Crippen molar-refractivity contribution in [2.75, 3.05) is 13.2 Å². The second-order valence-corrected chi connectivity index (χ2v) is 4.08. The molecule has 0 aliphatic rings. The van der Waals surface area contributed by atoms with Gasteiger partial charge < -0.3 is 19.3 Å². The summed E-state index contributed by atoms with van der Waals surface area (Å²) >= 11 is 0. The fourth-order valence-corrected chi connectivity index (χ4v) is 1.44. The van der Waals surface area contributed by atoms with E-state index < -0.39 is 18.1 Å². The third-order valence-corrected chi connectivity index (χ3v) is 2.48. The van der Waals surface area contributed by atoms with Crippen LogP contribution in [0.2, 0.25) is 0 Å². The van der Waals surface area contributed by atoms with Crippen molar-refractivity contribution in [2.45, 2.75) is 12.8 Å². The van der Waals surface area contributed by atoms with Crippen LogP contribution < -0.4 is 4.74 Å². The Balaban J connectivity index is 2.28. The number of unbranched alkanes of at least 4 members (excludes halogenated alkanes) is 1. The van der Waals surface area contributed by atoms with Gasteiger partial charge in [-0.25, -0.2) is 14.4 Å². The highest BCUT2D eigenvalue weighted by Gasteiger charge is 2.14. The molecular weight excluding hydrogens is 292 g/mol. The van der Waals surface area contributed by atoms with Gasteiger partial charge >= 0.3 is 18.1 Å². The monoisotopic (exact) mass is 308 g/mol. The molecule has 0 bridgehead atoms. The zero-order chi connectivity index (χ0) is 16.4. The maximum Gasteiger partial charge on any atom is 0.513 e. The van der Waals surface area contributed by atoms with E-state index in [4.69, 9.17) is 19.3 Å². The van der Waals surface area contributed by atoms with E-state index in [9.17, 15) is 14.4 Å². The lowest BCUT2D eigenvalue weighted by atomic mass is 10.2. The summed E-state index contributed by atoms with van der Waals surface area (Å²) in [5.41, 5.74) is -0.129. The number of ether oxygens (including phenoxy) is 3. The maximum absolute atomic E-state index is 11.4. The molecule has 1 aromatic carbocycles. The number of aromatic carboxylic acids is 1. The van der Waals surface area contributed by atoms with Gasteiger partial charge in [0.05, 0.1) is 13.2 Å². The number of benzene rings is 1. The van der Waals surface area contributed by atoms with Crippen LogP contribution in [-0.2, 0) is 14.3 Å². The Morgan fingerprint density at radius 3 is 2.36 bits per heavy atom. The maximum atomic E-state index is 11.4. The minimum atomic E-state index is -1.20. The van der Waals surface area contributed by atoms with Crippen LogP contribution in [0.25, 0.3) is 0 Å². The van der Waals surface area contributed by atoms with Crippen molar-refractivity contribution in [2.24, 2.45) is 0 Å². The fraction of sp³-hybridized carbons (Fsp3) is 0.267. The molecule has 1 aromatic rings. The van der Waals surface area contributed by atoms with Gasteiger partial charge in [0.2, 0.25) is 0 Å². The van der Waals surface area contributed by atoms with Crippen molar-refractivity contribution in [1.29, 1.82) is 0 Å². The molecule has 22 heavy (non-hydrogen) atoms. The molecule has 0 unspecified atom stereocenters. The number of rotatable bonds is 8. The van der Waals surface area contributed by atoms with Crippen LogP contribution in [0.1, 0.15) is 23.2 Å². The van der Waals surface area contributed by atoms with Gasteiger partial charge in [0.15, 0.2) is 0 Å². The third kappa shape index (κ3) is 6.08. The van der Waals surface area contributed by atoms with Gasteiger partial charge in [0, 0.05) is 6.08 Å². The van der Waals surface area contributed by atoms with Crippen LogP contribution in [0.3, 0.4) is 0 Å². The van der Waals surface area contributed by atoms with E-state index in [0.29, 0.717) is 12.8 Å². The molecule has 1 N–H and O–H groups in total. The molecule has 0 radical (unpaired) electrons. The number of esters is 1. The highest BCUT2D eigenvalue weighted by Crippen LogP contribution is 2.18. The summed E-state index contributed by atoms with van der Waals surface area (Å²) in [7, 11) is 0. The van der Waals surface area contributed by atoms with Crippen LogP contribution in [0.5, 0.6) is 5.75 Å². The first-order chi connectivity index (χ1) is 10.5. The van der Waals surface area contributed by atoms with Gasteiger partial charge in [0.25, 0.3) is 0 Å². The first kappa shape index (κ1) is 17.2. The number of carbonyl (C=O) groups excluding carboxylic acids is 2. The lowest BCUT2D eigenvalue weighted by Crippen LogP contribution is -2.14. The molecule has 0 saturated carbocycles. The van der Waals surface area contributed by atoms with E-state index in [2.05, 4.69) is 6.58 Å². The molecule has 7 heteroatoms. The van der Waals surface area contributed by atoms with Crippen LogP contribution in [0.15, 0.2) is 36.9 Å². The molecule has 0 aliphatic heterocycles. The van der Waals surface area contributed by atoms with Crippen LogP contribution in [0.4, 0.5) is 4.79 Å². The molecule has 0 aliphatic carbocycles. The molecule has 0 heterocycles. The summed E-state index contributed by atoms with van der Waals surface area (Å²) in [5, 5.41) is 8.94. The second-order valence-electron chi connectivity index (χ2n) is 4.08. The van der Waals surface area contributed by atoms with E-state index in [0.717, 1.165) is 6.08 Å². The summed E-state index contributed by atoms with van der Waals surface area (Å²) in [6, 6.07) is 5.74. The largest absolute Gasteiger partial charge is 0.513 e. The topological polar surface area (TPSA) is 99.1 Å². The van der Waals surface area contributed by atoms with Crippen LogP contribution >= 0.6 is 0 Å². The molecule has 118 valence electrons. The highest BCUT2D eigenvalue weighted by atomic mass is 16.7. The molecule has 0 aromatic heterocycles. The lowest BCUT2D eigenvalue weighted by Gasteiger charge is -2.08. The minimum absolute atomic E-state index is 0.0692. The van der Waals surface area contributed by atoms with Crippen molar-refractivity contribution >= 4 is 18.1 Å². The first-order valence-electron chi connectivity index (χ1n) is 6.50. The van der Waals surface area contributed by atoms with Crippen molar-refractivity contribution in [3.63, 3.8) is 0 Å². The second kappa shape index (κ2) is 9.17. The number of carboxylic acid groups (broad SMARTS) is 1. The van der Waals surface area contributed by atoms with Gasteiger partial charge in [-0.15, -0.1) is 0 Å². The standard InChI is InChI=1S/C15H16O7/c1-2-13(16)20-9-5-6-10-21-15(19)22-12-8-4-3-7-11(12)14(17)18/h2-4,7-8H,1,5-6,9-10H2,(H,17,18). The molecule has 7 nitrogen and oxygen atoms in total. The van der Waals surface area contributed by atoms with E-state index >= 15 is 0 Å². The SMILES string of the molecule is C=CC(=O)OCCCCOC(=O)Oc1ccccc1C(=O)O. The molecule has 0 amide bonds. The molecule has 0 spiro atoms. The minimum Gasteiger partial charge on any atom is -0.478 e. The Hall–Kier alpha value is -2.83. The predicted octanol–water partition coefficient (Wildman–Crippen LogP) is 2.41. The molecule has 0 atom stereocenters. The Bertz CT molecular complexity index is 551. The Kier molecular flexibility index (Phi) is 7.18. The Labute approximate surface area is 127 Å². The Morgan fingerprint density at radius 2 is 1.73 bits per heavy atom. The van der Waals surface area contributed by atoms with Gasteiger partial charge in [-0.3, -0.25) is 0 Å². The van der Waals surface area contributed by atoms with Gasteiger partial charge in [0.1, 0.15) is 11.3 Å². The zero-order valence-corrected chi connectivity index (χ0v) is 11.8. The van der Waals surface area contributed by atoms with E-state index in [1.807, 2.05) is 0 Å². The number of hydrogen-bond donors (Lipinski definition) is 1. The summed E-state index contributed by atoms with van der Waals surface area (Å²) in [5.74, 6) is -1.79. The number of hydrogen-bond acceptors (Lipinski definition) is 6. The predicted molar refractivity (Wildman–Crippen MR) is 75.8 cm³/mol.